The van der Waals surface area contributed by atoms with Gasteiger partial charge in [-0.2, -0.15) is 0 Å². The lowest BCUT2D eigenvalue weighted by atomic mass is 10.2. The van der Waals surface area contributed by atoms with Crippen molar-refractivity contribution in [3.63, 3.8) is 0 Å². The normalized spacial score (nSPS) is 11.8. The van der Waals surface area contributed by atoms with Crippen LogP contribution in [0, 0.1) is 0 Å². The topological polar surface area (TPSA) is 3.24 Å². The molecule has 0 heterocycles. The Balaban J connectivity index is 2.96. The van der Waals surface area contributed by atoms with E-state index in [2.05, 4.69) is 69.2 Å². The largest absolute Gasteiger partial charge is 0.316 e. The van der Waals surface area contributed by atoms with Crippen LogP contribution in [0.4, 0.5) is 0 Å². The molecule has 0 aromatic heterocycles. The molecule has 106 valence electrons. The average molecular weight is 276 g/mol. The minimum Gasteiger partial charge on any atom is -0.316 e. The molecular weight excluding hydrogens is 246 g/mol. The van der Waals surface area contributed by atoms with Crippen LogP contribution in [0.3, 0.4) is 0 Å². The van der Waals surface area contributed by atoms with E-state index in [-0.39, 0.29) is 0 Å². The lowest BCUT2D eigenvalue weighted by molar-refractivity contribution is 0.437. The van der Waals surface area contributed by atoms with Gasteiger partial charge < -0.3 is 4.57 Å². The van der Waals surface area contributed by atoms with Gasteiger partial charge in [0.1, 0.15) is 8.24 Å². The molecule has 1 aromatic rings. The second-order valence-electron chi connectivity index (χ2n) is 5.58. The monoisotopic (exact) mass is 275 g/mol. The smallest absolute Gasteiger partial charge is 0.128 e. The Kier molecular flexibility index (Phi) is 6.53. The molecule has 1 aromatic carbocycles. The van der Waals surface area contributed by atoms with Crippen molar-refractivity contribution in [2.45, 2.75) is 52.4 Å². The van der Waals surface area contributed by atoms with Gasteiger partial charge in [0.2, 0.25) is 0 Å². The maximum Gasteiger partial charge on any atom is 0.128 e. The quantitative estimate of drug-likeness (QED) is 0.473. The van der Waals surface area contributed by atoms with Crippen LogP contribution in [0.15, 0.2) is 42.5 Å². The van der Waals surface area contributed by atoms with E-state index in [1.165, 1.54) is 29.3 Å². The van der Waals surface area contributed by atoms with Gasteiger partial charge in [0.25, 0.3) is 0 Å². The maximum atomic E-state index is 4.13. The van der Waals surface area contributed by atoms with Crippen molar-refractivity contribution in [1.29, 1.82) is 0 Å². The number of nitrogens with zero attached hydrogens (tertiary/aromatic N) is 1. The second-order valence-corrected chi connectivity index (χ2v) is 10.8. The van der Waals surface area contributed by atoms with Gasteiger partial charge >= 0.3 is 0 Å². The summed E-state index contributed by atoms with van der Waals surface area (Å²) in [5, 5.41) is 0. The van der Waals surface area contributed by atoms with Crippen LogP contribution in [0.25, 0.3) is 0 Å². The molecule has 1 rings (SSSR count). The van der Waals surface area contributed by atoms with Crippen molar-refractivity contribution in [2.24, 2.45) is 0 Å². The van der Waals surface area contributed by atoms with Crippen LogP contribution in [0.2, 0.25) is 18.1 Å². The van der Waals surface area contributed by atoms with Crippen LogP contribution >= 0.6 is 0 Å². The SMILES string of the molecule is C=C(C)CN(Cc1ccccc1)[Si](CC)(CC)CC. The summed E-state index contributed by atoms with van der Waals surface area (Å²) in [5.41, 5.74) is 2.71. The molecule has 0 amide bonds. The third-order valence-electron chi connectivity index (χ3n) is 4.32. The van der Waals surface area contributed by atoms with E-state index < -0.39 is 8.24 Å². The standard InChI is InChI=1S/C17H29NSi/c1-6-19(7-2,8-3)18(14-16(4)5)15-17-12-10-9-11-13-17/h9-13H,4,6-8,14-15H2,1-3,5H3. The zero-order valence-corrected chi connectivity index (χ0v) is 14.1. The fourth-order valence-electron chi connectivity index (χ4n) is 2.94. The van der Waals surface area contributed by atoms with Crippen molar-refractivity contribution < 1.29 is 0 Å². The molecular formula is C17H29NSi. The van der Waals surface area contributed by atoms with Crippen LogP contribution in [-0.2, 0) is 6.54 Å². The predicted octanol–water partition coefficient (Wildman–Crippen LogP) is 5.07. The number of hydrogen-bond donors (Lipinski definition) is 0. The number of benzene rings is 1. The van der Waals surface area contributed by atoms with Crippen molar-refractivity contribution in [1.82, 2.24) is 4.57 Å². The van der Waals surface area contributed by atoms with Gasteiger partial charge in [-0.15, -0.1) is 0 Å². The Labute approximate surface area is 120 Å². The highest BCUT2D eigenvalue weighted by atomic mass is 28.3. The third kappa shape index (κ3) is 4.32. The summed E-state index contributed by atoms with van der Waals surface area (Å²) in [4.78, 5) is 0. The van der Waals surface area contributed by atoms with Crippen LogP contribution in [0.1, 0.15) is 33.3 Å². The zero-order chi connectivity index (χ0) is 14.3. The second kappa shape index (κ2) is 7.66. The fraction of sp³-hybridized carbons (Fsp3) is 0.529. The van der Waals surface area contributed by atoms with Crippen molar-refractivity contribution in [3.8, 4) is 0 Å². The first-order valence-corrected chi connectivity index (χ1v) is 10.1. The van der Waals surface area contributed by atoms with E-state index in [4.69, 9.17) is 0 Å². The molecule has 0 N–H and O–H groups in total. The lowest BCUT2D eigenvalue weighted by Gasteiger charge is -2.41. The Morgan fingerprint density at radius 1 is 1.05 bits per heavy atom. The molecule has 0 aliphatic heterocycles. The summed E-state index contributed by atoms with van der Waals surface area (Å²) in [6.45, 7) is 15.5. The lowest BCUT2D eigenvalue weighted by Crippen LogP contribution is -2.52. The molecule has 0 atom stereocenters. The molecule has 0 saturated heterocycles. The van der Waals surface area contributed by atoms with Gasteiger partial charge in [-0.25, -0.2) is 0 Å². The first kappa shape index (κ1) is 16.2. The molecule has 0 radical (unpaired) electrons. The number of rotatable bonds is 8. The van der Waals surface area contributed by atoms with Gasteiger partial charge in [-0.1, -0.05) is 63.3 Å². The molecule has 19 heavy (non-hydrogen) atoms. The first-order chi connectivity index (χ1) is 9.07. The van der Waals surface area contributed by atoms with E-state index in [1.54, 1.807) is 0 Å². The summed E-state index contributed by atoms with van der Waals surface area (Å²) in [7, 11) is -1.32. The van der Waals surface area contributed by atoms with E-state index in [1.807, 2.05) is 0 Å². The highest BCUT2D eigenvalue weighted by molar-refractivity contribution is 6.77. The van der Waals surface area contributed by atoms with Crippen LogP contribution < -0.4 is 0 Å². The average Bonchev–Trinajstić information content (AvgIpc) is 2.42. The fourth-order valence-corrected chi connectivity index (χ4v) is 6.91. The summed E-state index contributed by atoms with van der Waals surface area (Å²) in [5.74, 6) is 0. The van der Waals surface area contributed by atoms with Crippen LogP contribution in [0.5, 0.6) is 0 Å². The molecule has 1 nitrogen and oxygen atoms in total. The van der Waals surface area contributed by atoms with Crippen LogP contribution in [-0.4, -0.2) is 19.3 Å². The molecule has 0 fully saturated rings. The van der Waals surface area contributed by atoms with Crippen molar-refractivity contribution >= 4 is 8.24 Å². The third-order valence-corrected chi connectivity index (χ3v) is 9.93. The van der Waals surface area contributed by atoms with Gasteiger partial charge in [0.15, 0.2) is 0 Å². The Hall–Kier alpha value is -0.863. The van der Waals surface area contributed by atoms with Crippen molar-refractivity contribution in [2.75, 3.05) is 6.54 Å². The maximum absolute atomic E-state index is 4.13. The van der Waals surface area contributed by atoms with E-state index >= 15 is 0 Å². The van der Waals surface area contributed by atoms with E-state index in [9.17, 15) is 0 Å². The molecule has 0 aliphatic carbocycles. The van der Waals surface area contributed by atoms with E-state index in [0.717, 1.165) is 13.1 Å². The summed E-state index contributed by atoms with van der Waals surface area (Å²) in [6, 6.07) is 14.9. The predicted molar refractivity (Wildman–Crippen MR) is 88.9 cm³/mol. The molecule has 2 heteroatoms. The molecule has 0 aliphatic rings. The van der Waals surface area contributed by atoms with E-state index in [0.29, 0.717) is 0 Å². The first-order valence-electron chi connectivity index (χ1n) is 7.51. The van der Waals surface area contributed by atoms with Gasteiger partial charge in [-0.3, -0.25) is 0 Å². The van der Waals surface area contributed by atoms with Gasteiger partial charge in [-0.05, 0) is 30.6 Å². The molecule has 0 bridgehead atoms. The summed E-state index contributed by atoms with van der Waals surface area (Å²) >= 11 is 0. The zero-order valence-electron chi connectivity index (χ0n) is 13.1. The minimum atomic E-state index is -1.32. The minimum absolute atomic E-state index is 1.05. The Morgan fingerprint density at radius 3 is 2.00 bits per heavy atom. The molecule has 0 unspecified atom stereocenters. The summed E-state index contributed by atoms with van der Waals surface area (Å²) < 4.78 is 2.75. The molecule has 0 spiro atoms. The van der Waals surface area contributed by atoms with Gasteiger partial charge in [0, 0.05) is 13.1 Å². The highest BCUT2D eigenvalue weighted by Gasteiger charge is 2.34. The van der Waals surface area contributed by atoms with Gasteiger partial charge in [0.05, 0.1) is 0 Å². The number of hydrogen-bond acceptors (Lipinski definition) is 1. The Morgan fingerprint density at radius 2 is 1.58 bits per heavy atom. The Bertz CT molecular complexity index is 373. The highest BCUT2D eigenvalue weighted by Crippen LogP contribution is 2.27. The summed E-state index contributed by atoms with van der Waals surface area (Å²) in [6.07, 6.45) is 0. The molecule has 0 saturated carbocycles. The van der Waals surface area contributed by atoms with Crippen molar-refractivity contribution in [3.05, 3.63) is 48.0 Å².